The molecule has 2 aliphatic rings. The van der Waals surface area contributed by atoms with Crippen molar-refractivity contribution in [3.63, 3.8) is 0 Å². The molecule has 0 radical (unpaired) electrons. The van der Waals surface area contributed by atoms with Crippen molar-refractivity contribution in [1.29, 1.82) is 0 Å². The van der Waals surface area contributed by atoms with Gasteiger partial charge in [0, 0.05) is 30.8 Å². The number of carbonyl (C=O) groups excluding carboxylic acids is 1. The third-order valence-corrected chi connectivity index (χ3v) is 5.74. The number of pyridine rings is 1. The van der Waals surface area contributed by atoms with E-state index in [1.807, 2.05) is 33.0 Å². The summed E-state index contributed by atoms with van der Waals surface area (Å²) in [6.07, 6.45) is 1.24. The molecule has 2 fully saturated rings. The summed E-state index contributed by atoms with van der Waals surface area (Å²) in [7, 11) is 2.04. The molecular weight excluding hydrogens is 357 g/mol. The molecule has 0 bridgehead atoms. The normalized spacial score (nSPS) is 25.0. The molecule has 4 rings (SSSR count). The molecule has 0 amide bonds. The van der Waals surface area contributed by atoms with E-state index in [1.165, 1.54) is 0 Å². The van der Waals surface area contributed by atoms with Gasteiger partial charge in [0.1, 0.15) is 0 Å². The van der Waals surface area contributed by atoms with Crippen molar-refractivity contribution >= 4 is 5.78 Å². The van der Waals surface area contributed by atoms with Gasteiger partial charge in [-0.3, -0.25) is 15.1 Å². The number of hydrogen-bond acceptors (Lipinski definition) is 5. The Bertz CT molecular complexity index is 917. The predicted octanol–water partition coefficient (Wildman–Crippen LogP) is 3.27. The highest BCUT2D eigenvalue weighted by atomic mass is 19.1. The van der Waals surface area contributed by atoms with Gasteiger partial charge in [0.05, 0.1) is 23.9 Å². The first-order chi connectivity index (χ1) is 13.4. The molecule has 1 aromatic heterocycles. The van der Waals surface area contributed by atoms with Crippen LogP contribution in [0.3, 0.4) is 0 Å². The number of benzene rings is 1. The first kappa shape index (κ1) is 19.0. The number of Topliss-reactive ketones (excluding diaryl/α,β-unsaturated/α-hetero) is 1. The minimum absolute atomic E-state index is 0.143. The number of nitrogens with one attached hydrogen (secondary N) is 1. The van der Waals surface area contributed by atoms with Crippen LogP contribution in [0.4, 0.5) is 4.39 Å². The SMILES string of the molecule is CCOc1cccc(-c2cc(C)nc([C@H]3CC(=O)[C@@]4(CCN(C)C4)N3)c2)c1F. The Balaban J connectivity index is 1.68. The molecule has 2 aromatic rings. The minimum Gasteiger partial charge on any atom is -0.491 e. The van der Waals surface area contributed by atoms with Crippen molar-refractivity contribution in [1.82, 2.24) is 15.2 Å². The quantitative estimate of drug-likeness (QED) is 0.878. The molecule has 5 nitrogen and oxygen atoms in total. The second kappa shape index (κ2) is 7.26. The highest BCUT2D eigenvalue weighted by Gasteiger charge is 2.50. The Hall–Kier alpha value is -2.31. The molecule has 28 heavy (non-hydrogen) atoms. The van der Waals surface area contributed by atoms with Gasteiger partial charge in [-0.25, -0.2) is 4.39 Å². The van der Waals surface area contributed by atoms with E-state index < -0.39 is 5.54 Å². The van der Waals surface area contributed by atoms with Gasteiger partial charge in [0.15, 0.2) is 17.3 Å². The van der Waals surface area contributed by atoms with Crippen LogP contribution >= 0.6 is 0 Å². The van der Waals surface area contributed by atoms with Crippen molar-refractivity contribution in [3.8, 4) is 16.9 Å². The summed E-state index contributed by atoms with van der Waals surface area (Å²) in [5.74, 6) is 0.125. The van der Waals surface area contributed by atoms with Crippen LogP contribution in [0.5, 0.6) is 5.75 Å². The molecule has 6 heteroatoms. The average molecular weight is 383 g/mol. The predicted molar refractivity (Wildman–Crippen MR) is 106 cm³/mol. The minimum atomic E-state index is -0.467. The number of carbonyl (C=O) groups is 1. The van der Waals surface area contributed by atoms with Crippen LogP contribution in [-0.2, 0) is 4.79 Å². The molecule has 1 aromatic carbocycles. The first-order valence-corrected chi connectivity index (χ1v) is 9.81. The lowest BCUT2D eigenvalue weighted by Gasteiger charge is -2.23. The molecule has 2 atom stereocenters. The number of likely N-dealkylation sites (N-methyl/N-ethyl adjacent to an activating group) is 1. The largest absolute Gasteiger partial charge is 0.491 e. The number of rotatable bonds is 4. The van der Waals surface area contributed by atoms with Gasteiger partial charge in [-0.15, -0.1) is 0 Å². The van der Waals surface area contributed by atoms with Crippen molar-refractivity contribution in [3.05, 3.63) is 47.5 Å². The zero-order valence-electron chi connectivity index (χ0n) is 16.6. The maximum Gasteiger partial charge on any atom is 0.172 e. The Morgan fingerprint density at radius 1 is 1.39 bits per heavy atom. The molecule has 148 valence electrons. The second-order valence-corrected chi connectivity index (χ2v) is 7.87. The van der Waals surface area contributed by atoms with Gasteiger partial charge in [-0.2, -0.15) is 0 Å². The van der Waals surface area contributed by atoms with Crippen LogP contribution in [-0.4, -0.2) is 48.0 Å². The highest BCUT2D eigenvalue weighted by molar-refractivity contribution is 5.92. The van der Waals surface area contributed by atoms with Crippen LogP contribution < -0.4 is 10.1 Å². The van der Waals surface area contributed by atoms with Gasteiger partial charge in [-0.05, 0) is 51.1 Å². The van der Waals surface area contributed by atoms with E-state index in [0.717, 1.165) is 36.5 Å². The Labute approximate surface area is 164 Å². The third kappa shape index (κ3) is 3.31. The summed E-state index contributed by atoms with van der Waals surface area (Å²) in [5, 5.41) is 3.54. The van der Waals surface area contributed by atoms with Crippen LogP contribution in [0, 0.1) is 12.7 Å². The lowest BCUT2D eigenvalue weighted by atomic mass is 9.95. The number of aromatic nitrogens is 1. The highest BCUT2D eigenvalue weighted by Crippen LogP contribution is 2.37. The number of ether oxygens (including phenoxy) is 1. The zero-order valence-corrected chi connectivity index (χ0v) is 16.6. The fraction of sp³-hybridized carbons (Fsp3) is 0.455. The van der Waals surface area contributed by atoms with E-state index in [1.54, 1.807) is 18.2 Å². The fourth-order valence-electron chi connectivity index (χ4n) is 4.40. The number of aryl methyl sites for hydroxylation is 1. The molecule has 2 aliphatic heterocycles. The summed E-state index contributed by atoms with van der Waals surface area (Å²) >= 11 is 0. The summed E-state index contributed by atoms with van der Waals surface area (Å²) in [4.78, 5) is 19.6. The van der Waals surface area contributed by atoms with Gasteiger partial charge < -0.3 is 9.64 Å². The fourth-order valence-corrected chi connectivity index (χ4v) is 4.40. The summed E-state index contributed by atoms with van der Waals surface area (Å²) < 4.78 is 20.3. The number of likely N-dealkylation sites (tertiary alicyclic amines) is 1. The van der Waals surface area contributed by atoms with Crippen molar-refractivity contribution in [2.75, 3.05) is 26.7 Å². The number of nitrogens with zero attached hydrogens (tertiary/aromatic N) is 2. The summed E-state index contributed by atoms with van der Waals surface area (Å²) in [6.45, 7) is 5.78. The van der Waals surface area contributed by atoms with Gasteiger partial charge >= 0.3 is 0 Å². The van der Waals surface area contributed by atoms with Crippen molar-refractivity contribution in [2.45, 2.75) is 38.3 Å². The monoisotopic (exact) mass is 383 g/mol. The van der Waals surface area contributed by atoms with E-state index in [2.05, 4.69) is 15.2 Å². The molecule has 3 heterocycles. The molecule has 1 N–H and O–H groups in total. The molecule has 2 saturated heterocycles. The van der Waals surface area contributed by atoms with Gasteiger partial charge in [0.25, 0.3) is 0 Å². The Morgan fingerprint density at radius 3 is 2.93 bits per heavy atom. The first-order valence-electron chi connectivity index (χ1n) is 9.81. The lowest BCUT2D eigenvalue weighted by molar-refractivity contribution is -0.122. The molecule has 0 aliphatic carbocycles. The van der Waals surface area contributed by atoms with Crippen molar-refractivity contribution in [2.24, 2.45) is 0 Å². The standard InChI is InChI=1S/C22H26FN3O2/c1-4-28-19-7-5-6-16(21(19)23)15-10-14(2)24-17(11-15)18-12-20(27)22(25-18)8-9-26(3)13-22/h5-7,10-11,18,25H,4,8-9,12-13H2,1-3H3/t18-,22+/m1/s1. The Kier molecular flexibility index (Phi) is 4.93. The maximum absolute atomic E-state index is 14.9. The summed E-state index contributed by atoms with van der Waals surface area (Å²) in [6, 6.07) is 8.79. The maximum atomic E-state index is 14.9. The zero-order chi connectivity index (χ0) is 19.9. The lowest BCUT2D eigenvalue weighted by Crippen LogP contribution is -2.47. The Morgan fingerprint density at radius 2 is 2.21 bits per heavy atom. The number of ketones is 1. The van der Waals surface area contributed by atoms with Crippen LogP contribution in [0.1, 0.15) is 37.2 Å². The smallest absolute Gasteiger partial charge is 0.172 e. The van der Waals surface area contributed by atoms with Crippen LogP contribution in [0.25, 0.3) is 11.1 Å². The van der Waals surface area contributed by atoms with E-state index in [9.17, 15) is 9.18 Å². The van der Waals surface area contributed by atoms with E-state index >= 15 is 0 Å². The molecule has 0 saturated carbocycles. The second-order valence-electron chi connectivity index (χ2n) is 7.87. The molecule has 1 spiro atoms. The van der Waals surface area contributed by atoms with Crippen LogP contribution in [0.15, 0.2) is 30.3 Å². The van der Waals surface area contributed by atoms with Gasteiger partial charge in [-0.1, -0.05) is 12.1 Å². The van der Waals surface area contributed by atoms with Crippen molar-refractivity contribution < 1.29 is 13.9 Å². The number of halogens is 1. The topological polar surface area (TPSA) is 54.5 Å². The molecule has 0 unspecified atom stereocenters. The van der Waals surface area contributed by atoms with E-state index in [0.29, 0.717) is 18.6 Å². The van der Waals surface area contributed by atoms with E-state index in [-0.39, 0.29) is 23.4 Å². The number of hydrogen-bond donors (Lipinski definition) is 1. The summed E-state index contributed by atoms with van der Waals surface area (Å²) in [5.41, 5.74) is 2.35. The van der Waals surface area contributed by atoms with E-state index in [4.69, 9.17) is 4.74 Å². The molecular formula is C22H26FN3O2. The van der Waals surface area contributed by atoms with Gasteiger partial charge in [0.2, 0.25) is 0 Å². The average Bonchev–Trinajstić information content (AvgIpc) is 3.19. The van der Waals surface area contributed by atoms with Crippen LogP contribution in [0.2, 0.25) is 0 Å². The third-order valence-electron chi connectivity index (χ3n) is 5.74.